The SMILES string of the molecule is Cc1ccc(CNC(=O)Cc2csc(-c3cccc(C)c3)n2)cc1. The Bertz CT molecular complexity index is 837. The maximum Gasteiger partial charge on any atom is 0.226 e. The topological polar surface area (TPSA) is 42.0 Å². The number of nitrogens with zero attached hydrogens (tertiary/aromatic N) is 1. The van der Waals surface area contributed by atoms with Crippen LogP contribution in [-0.4, -0.2) is 10.9 Å². The summed E-state index contributed by atoms with van der Waals surface area (Å²) in [4.78, 5) is 16.7. The summed E-state index contributed by atoms with van der Waals surface area (Å²) < 4.78 is 0. The van der Waals surface area contributed by atoms with Gasteiger partial charge in [-0.25, -0.2) is 4.98 Å². The molecule has 0 unspecified atom stereocenters. The molecule has 0 spiro atoms. The van der Waals surface area contributed by atoms with E-state index in [1.54, 1.807) is 11.3 Å². The highest BCUT2D eigenvalue weighted by molar-refractivity contribution is 7.13. The van der Waals surface area contributed by atoms with Gasteiger partial charge in [0.05, 0.1) is 12.1 Å². The molecular weight excluding hydrogens is 316 g/mol. The number of amides is 1. The van der Waals surface area contributed by atoms with E-state index in [1.165, 1.54) is 11.1 Å². The molecule has 0 saturated carbocycles. The predicted molar refractivity (Wildman–Crippen MR) is 99.0 cm³/mol. The maximum atomic E-state index is 12.1. The Labute approximate surface area is 146 Å². The number of benzene rings is 2. The van der Waals surface area contributed by atoms with Gasteiger partial charge in [0, 0.05) is 17.5 Å². The van der Waals surface area contributed by atoms with Crippen molar-refractivity contribution in [2.24, 2.45) is 0 Å². The second-order valence-electron chi connectivity index (χ2n) is 5.95. The van der Waals surface area contributed by atoms with Crippen LogP contribution < -0.4 is 5.32 Å². The molecule has 0 radical (unpaired) electrons. The molecule has 1 amide bonds. The summed E-state index contributed by atoms with van der Waals surface area (Å²) in [6.45, 7) is 4.67. The van der Waals surface area contributed by atoms with E-state index in [0.717, 1.165) is 21.8 Å². The Kier molecular flexibility index (Phi) is 5.06. The highest BCUT2D eigenvalue weighted by atomic mass is 32.1. The first kappa shape index (κ1) is 16.4. The lowest BCUT2D eigenvalue weighted by Gasteiger charge is -2.04. The lowest BCUT2D eigenvalue weighted by molar-refractivity contribution is -0.120. The van der Waals surface area contributed by atoms with Gasteiger partial charge in [-0.3, -0.25) is 4.79 Å². The van der Waals surface area contributed by atoms with Crippen molar-refractivity contribution in [3.05, 3.63) is 76.3 Å². The van der Waals surface area contributed by atoms with Gasteiger partial charge in [0.1, 0.15) is 5.01 Å². The minimum Gasteiger partial charge on any atom is -0.352 e. The molecule has 0 saturated heterocycles. The van der Waals surface area contributed by atoms with Crippen LogP contribution >= 0.6 is 11.3 Å². The van der Waals surface area contributed by atoms with E-state index in [4.69, 9.17) is 0 Å². The van der Waals surface area contributed by atoms with Crippen molar-refractivity contribution in [3.63, 3.8) is 0 Å². The summed E-state index contributed by atoms with van der Waals surface area (Å²) in [5, 5.41) is 5.87. The Balaban J connectivity index is 1.58. The quantitative estimate of drug-likeness (QED) is 0.755. The number of aromatic nitrogens is 1. The van der Waals surface area contributed by atoms with E-state index in [9.17, 15) is 4.79 Å². The maximum absolute atomic E-state index is 12.1. The number of nitrogens with one attached hydrogen (secondary N) is 1. The molecule has 1 aromatic heterocycles. The second-order valence-corrected chi connectivity index (χ2v) is 6.81. The lowest BCUT2D eigenvalue weighted by atomic mass is 10.1. The fourth-order valence-corrected chi connectivity index (χ4v) is 3.25. The van der Waals surface area contributed by atoms with Crippen molar-refractivity contribution in [2.45, 2.75) is 26.8 Å². The summed E-state index contributed by atoms with van der Waals surface area (Å²) >= 11 is 1.58. The van der Waals surface area contributed by atoms with E-state index < -0.39 is 0 Å². The van der Waals surface area contributed by atoms with Crippen molar-refractivity contribution in [1.82, 2.24) is 10.3 Å². The fraction of sp³-hybridized carbons (Fsp3) is 0.200. The zero-order valence-corrected chi connectivity index (χ0v) is 14.7. The molecule has 0 atom stereocenters. The number of carbonyl (C=O) groups excluding carboxylic acids is 1. The third-order valence-electron chi connectivity index (χ3n) is 3.77. The van der Waals surface area contributed by atoms with Gasteiger partial charge in [-0.15, -0.1) is 11.3 Å². The average Bonchev–Trinajstić information content (AvgIpc) is 3.03. The van der Waals surface area contributed by atoms with Gasteiger partial charge >= 0.3 is 0 Å². The molecule has 3 aromatic rings. The monoisotopic (exact) mass is 336 g/mol. The minimum atomic E-state index is -0.00309. The minimum absolute atomic E-state index is 0.00309. The normalized spacial score (nSPS) is 10.6. The van der Waals surface area contributed by atoms with E-state index in [1.807, 2.05) is 29.6 Å². The average molecular weight is 336 g/mol. The van der Waals surface area contributed by atoms with Crippen molar-refractivity contribution in [2.75, 3.05) is 0 Å². The van der Waals surface area contributed by atoms with Crippen LogP contribution in [0.5, 0.6) is 0 Å². The Morgan fingerprint density at radius 3 is 2.62 bits per heavy atom. The number of thiazole rings is 1. The molecule has 0 bridgehead atoms. The second kappa shape index (κ2) is 7.41. The molecule has 0 aliphatic rings. The molecular formula is C20H20N2OS. The van der Waals surface area contributed by atoms with Crippen LogP contribution in [0.1, 0.15) is 22.4 Å². The molecule has 122 valence electrons. The van der Waals surface area contributed by atoms with Gasteiger partial charge in [0.2, 0.25) is 5.91 Å². The van der Waals surface area contributed by atoms with Crippen molar-refractivity contribution >= 4 is 17.2 Å². The van der Waals surface area contributed by atoms with Crippen LogP contribution in [0.4, 0.5) is 0 Å². The standard InChI is InChI=1S/C20H20N2OS/c1-14-6-8-16(9-7-14)12-21-19(23)11-18-13-24-20(22-18)17-5-3-4-15(2)10-17/h3-10,13H,11-12H2,1-2H3,(H,21,23). The van der Waals surface area contributed by atoms with Crippen LogP contribution in [0.15, 0.2) is 53.9 Å². The van der Waals surface area contributed by atoms with E-state index in [-0.39, 0.29) is 5.91 Å². The van der Waals surface area contributed by atoms with Gasteiger partial charge in [-0.2, -0.15) is 0 Å². The summed E-state index contributed by atoms with van der Waals surface area (Å²) in [5.41, 5.74) is 5.45. The molecule has 24 heavy (non-hydrogen) atoms. The molecule has 2 aromatic carbocycles. The zero-order valence-electron chi connectivity index (χ0n) is 13.9. The summed E-state index contributed by atoms with van der Waals surface area (Å²) in [5.74, 6) is -0.00309. The summed E-state index contributed by atoms with van der Waals surface area (Å²) in [6, 6.07) is 16.4. The third kappa shape index (κ3) is 4.30. The highest BCUT2D eigenvalue weighted by Gasteiger charge is 2.09. The van der Waals surface area contributed by atoms with Crippen LogP contribution in [0.3, 0.4) is 0 Å². The molecule has 1 heterocycles. The first-order valence-electron chi connectivity index (χ1n) is 7.94. The number of hydrogen-bond acceptors (Lipinski definition) is 3. The summed E-state index contributed by atoms with van der Waals surface area (Å²) in [7, 11) is 0. The van der Waals surface area contributed by atoms with Crippen LogP contribution in [0, 0.1) is 13.8 Å². The Morgan fingerprint density at radius 2 is 1.88 bits per heavy atom. The van der Waals surface area contributed by atoms with Crippen molar-refractivity contribution in [1.29, 1.82) is 0 Å². The smallest absolute Gasteiger partial charge is 0.226 e. The van der Waals surface area contributed by atoms with E-state index in [2.05, 4.69) is 48.4 Å². The first-order chi connectivity index (χ1) is 11.6. The fourth-order valence-electron chi connectivity index (χ4n) is 2.43. The van der Waals surface area contributed by atoms with Gasteiger partial charge in [-0.1, -0.05) is 53.6 Å². The van der Waals surface area contributed by atoms with Gasteiger partial charge in [-0.05, 0) is 25.5 Å². The van der Waals surface area contributed by atoms with E-state index in [0.29, 0.717) is 13.0 Å². The van der Waals surface area contributed by atoms with Crippen molar-refractivity contribution in [3.8, 4) is 10.6 Å². The van der Waals surface area contributed by atoms with Gasteiger partial charge in [0.15, 0.2) is 0 Å². The van der Waals surface area contributed by atoms with Crippen LogP contribution in [0.2, 0.25) is 0 Å². The van der Waals surface area contributed by atoms with Crippen LogP contribution in [-0.2, 0) is 17.8 Å². The number of rotatable bonds is 5. The molecule has 0 aliphatic heterocycles. The van der Waals surface area contributed by atoms with Gasteiger partial charge in [0.25, 0.3) is 0 Å². The third-order valence-corrected chi connectivity index (χ3v) is 4.71. The molecule has 3 rings (SSSR count). The molecule has 3 nitrogen and oxygen atoms in total. The van der Waals surface area contributed by atoms with E-state index >= 15 is 0 Å². The Hall–Kier alpha value is -2.46. The summed E-state index contributed by atoms with van der Waals surface area (Å²) in [6.07, 6.45) is 0.314. The van der Waals surface area contributed by atoms with Crippen LogP contribution in [0.25, 0.3) is 10.6 Å². The first-order valence-corrected chi connectivity index (χ1v) is 8.82. The molecule has 1 N–H and O–H groups in total. The van der Waals surface area contributed by atoms with Crippen molar-refractivity contribution < 1.29 is 4.79 Å². The molecule has 0 aliphatic carbocycles. The molecule has 4 heteroatoms. The Morgan fingerprint density at radius 1 is 1.08 bits per heavy atom. The predicted octanol–water partition coefficient (Wildman–Crippen LogP) is 4.29. The van der Waals surface area contributed by atoms with Gasteiger partial charge < -0.3 is 5.32 Å². The highest BCUT2D eigenvalue weighted by Crippen LogP contribution is 2.24. The lowest BCUT2D eigenvalue weighted by Crippen LogP contribution is -2.24. The zero-order chi connectivity index (χ0) is 16.9. The largest absolute Gasteiger partial charge is 0.352 e. The number of aryl methyl sites for hydroxylation is 2. The molecule has 0 fully saturated rings. The number of hydrogen-bond donors (Lipinski definition) is 1. The number of carbonyl (C=O) groups is 1.